The molecule has 1 saturated heterocycles. The van der Waals surface area contributed by atoms with Gasteiger partial charge in [0, 0.05) is 31.0 Å². The molecule has 24 heavy (non-hydrogen) atoms. The van der Waals surface area contributed by atoms with E-state index in [-0.39, 0.29) is 5.91 Å². The lowest BCUT2D eigenvalue weighted by Crippen LogP contribution is -2.40. The first-order chi connectivity index (χ1) is 11.4. The van der Waals surface area contributed by atoms with Crippen LogP contribution < -0.4 is 5.32 Å². The number of rotatable bonds is 4. The molecular weight excluding hydrogens is 370 g/mol. The van der Waals surface area contributed by atoms with Crippen LogP contribution in [0.3, 0.4) is 0 Å². The standard InChI is InChI=1S/C14H17N3O4S3/c1-9-13(23-14(15-9)16-10(2)18)11-7-12(22-8-11)24(19,20)17-3-5-21-6-4-17/h7-8H,3-6H2,1-2H3,(H,15,16,18). The van der Waals surface area contributed by atoms with E-state index in [9.17, 15) is 13.2 Å². The van der Waals surface area contributed by atoms with Gasteiger partial charge in [-0.15, -0.1) is 11.3 Å². The van der Waals surface area contributed by atoms with E-state index >= 15 is 0 Å². The minimum absolute atomic E-state index is 0.184. The topological polar surface area (TPSA) is 88.6 Å². The second-order valence-corrected chi connectivity index (χ2v) is 9.36. The number of nitrogens with zero attached hydrogens (tertiary/aromatic N) is 2. The highest BCUT2D eigenvalue weighted by atomic mass is 32.2. The van der Waals surface area contributed by atoms with Gasteiger partial charge >= 0.3 is 0 Å². The molecule has 10 heteroatoms. The van der Waals surface area contributed by atoms with Gasteiger partial charge in [0.1, 0.15) is 4.21 Å². The molecule has 0 spiro atoms. The summed E-state index contributed by atoms with van der Waals surface area (Å²) in [5, 5.41) is 4.98. The molecule has 2 aromatic heterocycles. The monoisotopic (exact) mass is 387 g/mol. The number of sulfonamides is 1. The Labute approximate surface area is 148 Å². The molecule has 0 radical (unpaired) electrons. The van der Waals surface area contributed by atoms with Crippen molar-refractivity contribution in [2.75, 3.05) is 31.6 Å². The number of ether oxygens (including phenoxy) is 1. The van der Waals surface area contributed by atoms with E-state index in [1.807, 2.05) is 12.3 Å². The summed E-state index contributed by atoms with van der Waals surface area (Å²) in [5.41, 5.74) is 1.57. The van der Waals surface area contributed by atoms with E-state index in [4.69, 9.17) is 4.74 Å². The van der Waals surface area contributed by atoms with Gasteiger partial charge < -0.3 is 10.1 Å². The molecule has 3 rings (SSSR count). The number of carbonyl (C=O) groups is 1. The molecule has 7 nitrogen and oxygen atoms in total. The average Bonchev–Trinajstić information content (AvgIpc) is 3.14. The number of nitrogens with one attached hydrogen (secondary N) is 1. The molecule has 1 aliphatic heterocycles. The van der Waals surface area contributed by atoms with Crippen molar-refractivity contribution >= 4 is 43.7 Å². The number of aromatic nitrogens is 1. The van der Waals surface area contributed by atoms with Crippen LogP contribution in [0, 0.1) is 6.92 Å². The van der Waals surface area contributed by atoms with Crippen LogP contribution in [0.1, 0.15) is 12.6 Å². The van der Waals surface area contributed by atoms with Gasteiger partial charge in [0.25, 0.3) is 10.0 Å². The zero-order valence-corrected chi connectivity index (χ0v) is 15.7. The summed E-state index contributed by atoms with van der Waals surface area (Å²) >= 11 is 2.53. The molecule has 0 saturated carbocycles. The Morgan fingerprint density at radius 1 is 1.38 bits per heavy atom. The van der Waals surface area contributed by atoms with Gasteiger partial charge in [-0.1, -0.05) is 11.3 Å². The zero-order chi connectivity index (χ0) is 17.3. The number of anilines is 1. The Balaban J connectivity index is 1.88. The summed E-state index contributed by atoms with van der Waals surface area (Å²) in [6, 6.07) is 1.67. The van der Waals surface area contributed by atoms with Crippen molar-refractivity contribution in [2.24, 2.45) is 0 Å². The van der Waals surface area contributed by atoms with Crippen molar-refractivity contribution in [3.63, 3.8) is 0 Å². The molecule has 0 aromatic carbocycles. The fourth-order valence-electron chi connectivity index (χ4n) is 2.35. The van der Waals surface area contributed by atoms with Crippen molar-refractivity contribution in [2.45, 2.75) is 18.1 Å². The lowest BCUT2D eigenvalue weighted by molar-refractivity contribution is -0.114. The minimum Gasteiger partial charge on any atom is -0.379 e. The molecule has 1 amide bonds. The van der Waals surface area contributed by atoms with Crippen molar-refractivity contribution in [3.05, 3.63) is 17.1 Å². The Morgan fingerprint density at radius 3 is 2.75 bits per heavy atom. The van der Waals surface area contributed by atoms with Gasteiger partial charge in [0.2, 0.25) is 5.91 Å². The predicted molar refractivity (Wildman–Crippen MR) is 94.0 cm³/mol. The zero-order valence-electron chi connectivity index (χ0n) is 13.2. The highest BCUT2D eigenvalue weighted by Crippen LogP contribution is 2.37. The number of thiophene rings is 1. The summed E-state index contributed by atoms with van der Waals surface area (Å²) in [6.07, 6.45) is 0. The van der Waals surface area contributed by atoms with Crippen LogP contribution in [0.5, 0.6) is 0 Å². The first-order valence-corrected chi connectivity index (χ1v) is 10.4. The molecule has 1 aliphatic rings. The number of morpholine rings is 1. The molecule has 3 heterocycles. The lowest BCUT2D eigenvalue weighted by atomic mass is 10.2. The van der Waals surface area contributed by atoms with Crippen LogP contribution >= 0.6 is 22.7 Å². The summed E-state index contributed by atoms with van der Waals surface area (Å²) < 4.78 is 32.3. The minimum atomic E-state index is -3.49. The van der Waals surface area contributed by atoms with Crippen LogP contribution in [0.25, 0.3) is 10.4 Å². The van der Waals surface area contributed by atoms with Gasteiger partial charge in [-0.3, -0.25) is 4.79 Å². The Kier molecular flexibility index (Phi) is 5.02. The van der Waals surface area contributed by atoms with Crippen LogP contribution in [0.4, 0.5) is 5.13 Å². The van der Waals surface area contributed by atoms with Crippen LogP contribution in [-0.2, 0) is 19.6 Å². The van der Waals surface area contributed by atoms with Crippen LogP contribution in [0.15, 0.2) is 15.7 Å². The highest BCUT2D eigenvalue weighted by Gasteiger charge is 2.28. The maximum atomic E-state index is 12.7. The quantitative estimate of drug-likeness (QED) is 0.868. The van der Waals surface area contributed by atoms with Crippen molar-refractivity contribution in [3.8, 4) is 10.4 Å². The SMILES string of the molecule is CC(=O)Nc1nc(C)c(-c2csc(S(=O)(=O)N3CCOCC3)c2)s1. The van der Waals surface area contributed by atoms with Crippen LogP contribution in [0.2, 0.25) is 0 Å². The van der Waals surface area contributed by atoms with Gasteiger partial charge in [0.15, 0.2) is 5.13 Å². The van der Waals surface area contributed by atoms with E-state index < -0.39 is 10.0 Å². The van der Waals surface area contributed by atoms with Gasteiger partial charge in [0.05, 0.1) is 23.8 Å². The smallest absolute Gasteiger partial charge is 0.252 e. The fourth-order valence-corrected chi connectivity index (χ4v) is 6.16. The summed E-state index contributed by atoms with van der Waals surface area (Å²) in [5.74, 6) is -0.184. The number of hydrogen-bond acceptors (Lipinski definition) is 7. The Hall–Kier alpha value is -1.33. The summed E-state index contributed by atoms with van der Waals surface area (Å²) in [6.45, 7) is 4.86. The number of aryl methyl sites for hydroxylation is 1. The number of thiazole rings is 1. The molecule has 1 fully saturated rings. The average molecular weight is 388 g/mol. The largest absolute Gasteiger partial charge is 0.379 e. The molecule has 0 aliphatic carbocycles. The number of amides is 1. The first-order valence-electron chi connectivity index (χ1n) is 7.30. The molecule has 1 N–H and O–H groups in total. The molecule has 130 valence electrons. The Bertz CT molecular complexity index is 850. The molecule has 2 aromatic rings. The lowest BCUT2D eigenvalue weighted by Gasteiger charge is -2.25. The number of hydrogen-bond donors (Lipinski definition) is 1. The van der Waals surface area contributed by atoms with Gasteiger partial charge in [-0.25, -0.2) is 13.4 Å². The second-order valence-electron chi connectivity index (χ2n) is 5.29. The first kappa shape index (κ1) is 17.5. The van der Waals surface area contributed by atoms with E-state index in [0.717, 1.165) is 16.1 Å². The molecule has 0 atom stereocenters. The predicted octanol–water partition coefficient (Wildman–Crippen LogP) is 2.16. The third-order valence-corrected chi connectivity index (χ3v) is 7.92. The van der Waals surface area contributed by atoms with Gasteiger partial charge in [-0.2, -0.15) is 4.31 Å². The van der Waals surface area contributed by atoms with E-state index in [0.29, 0.717) is 35.6 Å². The van der Waals surface area contributed by atoms with Crippen LogP contribution in [-0.4, -0.2) is 49.9 Å². The summed E-state index contributed by atoms with van der Waals surface area (Å²) in [4.78, 5) is 16.3. The fraction of sp³-hybridized carbons (Fsp3) is 0.429. The van der Waals surface area contributed by atoms with E-state index in [2.05, 4.69) is 10.3 Å². The van der Waals surface area contributed by atoms with Gasteiger partial charge in [-0.05, 0) is 13.0 Å². The maximum absolute atomic E-state index is 12.7. The van der Waals surface area contributed by atoms with Crippen molar-refractivity contribution in [1.82, 2.24) is 9.29 Å². The third kappa shape index (κ3) is 3.52. The molecular formula is C14H17N3O4S3. The van der Waals surface area contributed by atoms with E-state index in [1.54, 1.807) is 6.07 Å². The molecule has 0 unspecified atom stereocenters. The van der Waals surface area contributed by atoms with Crippen molar-refractivity contribution < 1.29 is 17.9 Å². The van der Waals surface area contributed by atoms with Crippen molar-refractivity contribution in [1.29, 1.82) is 0 Å². The summed E-state index contributed by atoms with van der Waals surface area (Å²) in [7, 11) is -3.49. The maximum Gasteiger partial charge on any atom is 0.252 e. The molecule has 0 bridgehead atoms. The second kappa shape index (κ2) is 6.89. The normalized spacial score (nSPS) is 16.2. The third-order valence-electron chi connectivity index (χ3n) is 3.48. The highest BCUT2D eigenvalue weighted by molar-refractivity contribution is 7.91. The Morgan fingerprint density at radius 2 is 2.08 bits per heavy atom. The number of carbonyl (C=O) groups excluding carboxylic acids is 1. The van der Waals surface area contributed by atoms with E-state index in [1.165, 1.54) is 33.9 Å².